The molecule has 0 saturated heterocycles. The summed E-state index contributed by atoms with van der Waals surface area (Å²) in [5.41, 5.74) is 1.84. The minimum atomic E-state index is -0.269. The van der Waals surface area contributed by atoms with Crippen LogP contribution in [0.2, 0.25) is 0 Å². The molecule has 116 valence electrons. The van der Waals surface area contributed by atoms with Crippen LogP contribution in [-0.2, 0) is 17.6 Å². The maximum absolute atomic E-state index is 12.2. The zero-order valence-corrected chi connectivity index (χ0v) is 14.2. The second-order valence-corrected chi connectivity index (χ2v) is 6.61. The van der Waals surface area contributed by atoms with Crippen LogP contribution in [0.25, 0.3) is 0 Å². The van der Waals surface area contributed by atoms with Crippen LogP contribution in [0.4, 0.5) is 5.00 Å². The van der Waals surface area contributed by atoms with Gasteiger partial charge in [0.1, 0.15) is 5.00 Å². The topological polar surface area (TPSA) is 50.4 Å². The zero-order valence-electron chi connectivity index (χ0n) is 12.6. The molecule has 0 bridgehead atoms. The summed E-state index contributed by atoms with van der Waals surface area (Å²) in [5.74, 6) is -0.269. The highest BCUT2D eigenvalue weighted by Gasteiger charge is 2.25. The Morgan fingerprint density at radius 2 is 2.00 bits per heavy atom. The normalized spacial score (nSPS) is 14.6. The van der Waals surface area contributed by atoms with Crippen molar-refractivity contribution in [3.63, 3.8) is 0 Å². The maximum atomic E-state index is 12.2. The van der Waals surface area contributed by atoms with Crippen LogP contribution in [0.15, 0.2) is 0 Å². The summed E-state index contributed by atoms with van der Waals surface area (Å²) in [4.78, 5) is 13.5. The van der Waals surface area contributed by atoms with Gasteiger partial charge in [0.05, 0.1) is 12.7 Å². The van der Waals surface area contributed by atoms with Crippen LogP contribution >= 0.6 is 23.6 Å². The predicted molar refractivity (Wildman–Crippen MR) is 91.4 cm³/mol. The molecular formula is C15H22N2O2S2. The van der Waals surface area contributed by atoms with Crippen molar-refractivity contribution in [2.75, 3.05) is 19.0 Å². The molecule has 4 nitrogen and oxygen atoms in total. The van der Waals surface area contributed by atoms with E-state index in [1.165, 1.54) is 31.2 Å². The number of carbonyl (C=O) groups excluding carboxylic acids is 1. The number of hydrogen-bond donors (Lipinski definition) is 2. The number of rotatable bonds is 3. The number of carbonyl (C=O) groups is 1. The first-order chi connectivity index (χ1) is 10.2. The third-order valence-electron chi connectivity index (χ3n) is 3.63. The smallest absolute Gasteiger partial charge is 0.341 e. The van der Waals surface area contributed by atoms with Crippen molar-refractivity contribution in [3.8, 4) is 0 Å². The Morgan fingerprint density at radius 1 is 1.29 bits per heavy atom. The van der Waals surface area contributed by atoms with Gasteiger partial charge in [0.15, 0.2) is 5.11 Å². The van der Waals surface area contributed by atoms with E-state index < -0.39 is 0 Å². The fraction of sp³-hybridized carbons (Fsp3) is 0.600. The van der Waals surface area contributed by atoms with Crippen molar-refractivity contribution < 1.29 is 9.53 Å². The van der Waals surface area contributed by atoms with Gasteiger partial charge in [-0.1, -0.05) is 12.8 Å². The van der Waals surface area contributed by atoms with Crippen LogP contribution < -0.4 is 10.6 Å². The Balaban J connectivity index is 2.35. The number of thiophene rings is 1. The van der Waals surface area contributed by atoms with E-state index in [0.717, 1.165) is 36.4 Å². The van der Waals surface area contributed by atoms with Gasteiger partial charge in [0, 0.05) is 11.4 Å². The number of methoxy groups -OCH3 is 1. The summed E-state index contributed by atoms with van der Waals surface area (Å²) in [6.45, 7) is 2.74. The lowest BCUT2D eigenvalue weighted by Gasteiger charge is -2.11. The van der Waals surface area contributed by atoms with E-state index in [0.29, 0.717) is 10.7 Å². The first-order valence-corrected chi connectivity index (χ1v) is 8.67. The van der Waals surface area contributed by atoms with Gasteiger partial charge in [-0.25, -0.2) is 4.79 Å². The van der Waals surface area contributed by atoms with Crippen molar-refractivity contribution in [1.29, 1.82) is 0 Å². The van der Waals surface area contributed by atoms with Crippen molar-refractivity contribution in [2.45, 2.75) is 45.4 Å². The average molecular weight is 326 g/mol. The SMILES string of the molecule is CCNC(=S)Nc1sc2c(c1C(=O)OC)CCCCCC2. The molecule has 1 heterocycles. The number of thiocarbonyl (C=S) groups is 1. The van der Waals surface area contributed by atoms with Crippen molar-refractivity contribution in [2.24, 2.45) is 0 Å². The third-order valence-corrected chi connectivity index (χ3v) is 5.08. The lowest BCUT2D eigenvalue weighted by atomic mass is 9.96. The molecule has 0 unspecified atom stereocenters. The van der Waals surface area contributed by atoms with Gasteiger partial charge in [-0.2, -0.15) is 0 Å². The van der Waals surface area contributed by atoms with Gasteiger partial charge in [-0.15, -0.1) is 11.3 Å². The second kappa shape index (κ2) is 7.75. The Bertz CT molecular complexity index is 526. The lowest BCUT2D eigenvalue weighted by molar-refractivity contribution is 0.0601. The molecule has 1 aliphatic rings. The second-order valence-electron chi connectivity index (χ2n) is 5.10. The summed E-state index contributed by atoms with van der Waals surface area (Å²) < 4.78 is 4.98. The highest BCUT2D eigenvalue weighted by Crippen LogP contribution is 2.37. The van der Waals surface area contributed by atoms with Gasteiger partial charge in [0.2, 0.25) is 0 Å². The number of fused-ring (bicyclic) bond motifs is 1. The Labute approximate surface area is 135 Å². The van der Waals surface area contributed by atoms with Gasteiger partial charge >= 0.3 is 5.97 Å². The Kier molecular flexibility index (Phi) is 5.99. The number of esters is 1. The quantitative estimate of drug-likeness (QED) is 0.658. The summed E-state index contributed by atoms with van der Waals surface area (Å²) in [6, 6.07) is 0. The van der Waals surface area contributed by atoms with E-state index in [4.69, 9.17) is 17.0 Å². The lowest BCUT2D eigenvalue weighted by Crippen LogP contribution is -2.28. The van der Waals surface area contributed by atoms with Crippen molar-refractivity contribution in [1.82, 2.24) is 5.32 Å². The monoisotopic (exact) mass is 326 g/mol. The molecule has 2 rings (SSSR count). The zero-order chi connectivity index (χ0) is 15.2. The molecule has 0 radical (unpaired) electrons. The van der Waals surface area contributed by atoms with Crippen LogP contribution in [-0.4, -0.2) is 24.7 Å². The van der Waals surface area contributed by atoms with Crippen LogP contribution in [0.3, 0.4) is 0 Å². The summed E-state index contributed by atoms with van der Waals surface area (Å²) in [7, 11) is 1.43. The number of hydrogen-bond acceptors (Lipinski definition) is 4. The summed E-state index contributed by atoms with van der Waals surface area (Å²) in [6.07, 6.45) is 6.81. The molecule has 0 aromatic carbocycles. The van der Waals surface area contributed by atoms with Crippen LogP contribution in [0.1, 0.15) is 53.4 Å². The highest BCUT2D eigenvalue weighted by molar-refractivity contribution is 7.80. The molecule has 0 spiro atoms. The molecule has 0 fully saturated rings. The highest BCUT2D eigenvalue weighted by atomic mass is 32.1. The average Bonchev–Trinajstić information content (AvgIpc) is 2.75. The Hall–Kier alpha value is -1.14. The number of anilines is 1. The first kappa shape index (κ1) is 16.2. The molecule has 0 atom stereocenters. The van der Waals surface area contributed by atoms with E-state index in [1.807, 2.05) is 6.92 Å². The molecule has 1 aromatic rings. The van der Waals surface area contributed by atoms with E-state index in [2.05, 4.69) is 10.6 Å². The van der Waals surface area contributed by atoms with E-state index in [9.17, 15) is 4.79 Å². The molecule has 1 aliphatic carbocycles. The molecule has 21 heavy (non-hydrogen) atoms. The third kappa shape index (κ3) is 3.95. The number of ether oxygens (including phenoxy) is 1. The van der Waals surface area contributed by atoms with Gasteiger partial charge < -0.3 is 15.4 Å². The van der Waals surface area contributed by atoms with E-state index in [1.54, 1.807) is 11.3 Å². The molecule has 2 N–H and O–H groups in total. The molecule has 1 aromatic heterocycles. The van der Waals surface area contributed by atoms with Gasteiger partial charge in [-0.05, 0) is 50.4 Å². The van der Waals surface area contributed by atoms with E-state index in [-0.39, 0.29) is 5.97 Å². The molecule has 0 saturated carbocycles. The fourth-order valence-electron chi connectivity index (χ4n) is 2.63. The Morgan fingerprint density at radius 3 is 2.67 bits per heavy atom. The first-order valence-electron chi connectivity index (χ1n) is 7.45. The van der Waals surface area contributed by atoms with Crippen molar-refractivity contribution in [3.05, 3.63) is 16.0 Å². The van der Waals surface area contributed by atoms with Crippen LogP contribution in [0.5, 0.6) is 0 Å². The summed E-state index contributed by atoms with van der Waals surface area (Å²) in [5, 5.41) is 7.59. The minimum absolute atomic E-state index is 0.269. The number of aryl methyl sites for hydroxylation is 1. The predicted octanol–water partition coefficient (Wildman–Crippen LogP) is 3.50. The molecule has 0 amide bonds. The fourth-order valence-corrected chi connectivity index (χ4v) is 4.23. The van der Waals surface area contributed by atoms with Gasteiger partial charge in [-0.3, -0.25) is 0 Å². The largest absolute Gasteiger partial charge is 0.465 e. The van der Waals surface area contributed by atoms with Crippen LogP contribution in [0, 0.1) is 0 Å². The summed E-state index contributed by atoms with van der Waals surface area (Å²) >= 11 is 6.89. The maximum Gasteiger partial charge on any atom is 0.341 e. The van der Waals surface area contributed by atoms with E-state index >= 15 is 0 Å². The van der Waals surface area contributed by atoms with Crippen molar-refractivity contribution >= 4 is 39.6 Å². The van der Waals surface area contributed by atoms with Gasteiger partial charge in [0.25, 0.3) is 0 Å². The standard InChI is InChI=1S/C15H22N2O2S2/c1-3-16-15(20)17-13-12(14(18)19-2)10-8-6-4-5-7-9-11(10)21-13/h3-9H2,1-2H3,(H2,16,17,20). The molecular weight excluding hydrogens is 304 g/mol. The molecule has 6 heteroatoms. The minimum Gasteiger partial charge on any atom is -0.465 e. The molecule has 0 aliphatic heterocycles. The number of nitrogens with one attached hydrogen (secondary N) is 2.